The van der Waals surface area contributed by atoms with Gasteiger partial charge in [0.1, 0.15) is 0 Å². The molecule has 1 fully saturated rings. The summed E-state index contributed by atoms with van der Waals surface area (Å²) in [5.41, 5.74) is 0. The Morgan fingerprint density at radius 1 is 0.650 bits per heavy atom. The van der Waals surface area contributed by atoms with Crippen molar-refractivity contribution in [1.29, 1.82) is 0 Å². The maximum absolute atomic E-state index is 3.56. The Morgan fingerprint density at radius 2 is 1.20 bits per heavy atom. The first kappa shape index (κ1) is 17.9. The van der Waals surface area contributed by atoms with E-state index in [1.54, 1.807) is 0 Å². The van der Waals surface area contributed by atoms with Gasteiger partial charge in [-0.15, -0.1) is 0 Å². The van der Waals surface area contributed by atoms with Gasteiger partial charge in [-0.25, -0.2) is 0 Å². The Kier molecular flexibility index (Phi) is 12.4. The van der Waals surface area contributed by atoms with E-state index < -0.39 is 0 Å². The first-order chi connectivity index (χ1) is 9.93. The third-order valence-electron chi connectivity index (χ3n) is 4.08. The monoisotopic (exact) mass is 283 g/mol. The number of rotatable bonds is 16. The zero-order valence-electron chi connectivity index (χ0n) is 13.7. The van der Waals surface area contributed by atoms with Crippen molar-refractivity contribution in [1.82, 2.24) is 16.0 Å². The molecule has 0 bridgehead atoms. The van der Waals surface area contributed by atoms with Crippen LogP contribution in [0.4, 0.5) is 0 Å². The molecule has 0 atom stereocenters. The Balaban J connectivity index is 1.60. The zero-order valence-corrected chi connectivity index (χ0v) is 13.7. The zero-order chi connectivity index (χ0) is 14.3. The second-order valence-corrected chi connectivity index (χ2v) is 6.21. The molecule has 0 aromatic rings. The SMILES string of the molecule is CCNCCCNCCCNCCCCCCC1CC1. The van der Waals surface area contributed by atoms with Gasteiger partial charge in [0, 0.05) is 0 Å². The molecule has 3 heteroatoms. The van der Waals surface area contributed by atoms with E-state index in [0.717, 1.165) is 32.1 Å². The van der Waals surface area contributed by atoms with E-state index >= 15 is 0 Å². The van der Waals surface area contributed by atoms with Crippen LogP contribution in [0.25, 0.3) is 0 Å². The van der Waals surface area contributed by atoms with Crippen molar-refractivity contribution in [2.45, 2.75) is 64.7 Å². The summed E-state index contributed by atoms with van der Waals surface area (Å²) in [6.07, 6.45) is 12.7. The van der Waals surface area contributed by atoms with E-state index in [1.165, 1.54) is 70.9 Å². The Hall–Kier alpha value is -0.120. The van der Waals surface area contributed by atoms with Crippen LogP contribution in [-0.2, 0) is 0 Å². The Morgan fingerprint density at radius 3 is 1.80 bits per heavy atom. The predicted octanol–water partition coefficient (Wildman–Crippen LogP) is 2.92. The van der Waals surface area contributed by atoms with Gasteiger partial charge in [0.05, 0.1) is 0 Å². The lowest BCUT2D eigenvalue weighted by atomic mass is 10.1. The van der Waals surface area contributed by atoms with Crippen LogP contribution in [0.15, 0.2) is 0 Å². The van der Waals surface area contributed by atoms with E-state index in [1.807, 2.05) is 0 Å². The normalized spacial score (nSPS) is 14.8. The highest BCUT2D eigenvalue weighted by Crippen LogP contribution is 2.34. The molecule has 1 aliphatic carbocycles. The average Bonchev–Trinajstić information content (AvgIpc) is 3.27. The molecule has 3 N–H and O–H groups in total. The van der Waals surface area contributed by atoms with Crippen molar-refractivity contribution in [2.75, 3.05) is 39.3 Å². The molecule has 20 heavy (non-hydrogen) atoms. The fourth-order valence-corrected chi connectivity index (χ4v) is 2.55. The molecule has 0 heterocycles. The maximum Gasteiger partial charge on any atom is -0.00368 e. The van der Waals surface area contributed by atoms with E-state index in [2.05, 4.69) is 22.9 Å². The fourth-order valence-electron chi connectivity index (χ4n) is 2.55. The number of hydrogen-bond donors (Lipinski definition) is 3. The lowest BCUT2D eigenvalue weighted by Crippen LogP contribution is -2.25. The maximum atomic E-state index is 3.56. The summed E-state index contributed by atoms with van der Waals surface area (Å²) in [4.78, 5) is 0. The van der Waals surface area contributed by atoms with Gasteiger partial charge in [-0.2, -0.15) is 0 Å². The third kappa shape index (κ3) is 12.9. The van der Waals surface area contributed by atoms with Crippen molar-refractivity contribution < 1.29 is 0 Å². The lowest BCUT2D eigenvalue weighted by Gasteiger charge is -2.07. The Bertz CT molecular complexity index is 193. The average molecular weight is 284 g/mol. The molecule has 0 aliphatic heterocycles. The summed E-state index contributed by atoms with van der Waals surface area (Å²) in [6, 6.07) is 0. The minimum atomic E-state index is 1.09. The second-order valence-electron chi connectivity index (χ2n) is 6.21. The smallest absolute Gasteiger partial charge is 0.00368 e. The molecule has 1 saturated carbocycles. The van der Waals surface area contributed by atoms with E-state index in [-0.39, 0.29) is 0 Å². The first-order valence-electron chi connectivity index (χ1n) is 9.05. The van der Waals surface area contributed by atoms with Gasteiger partial charge in [0.15, 0.2) is 0 Å². The molecule has 120 valence electrons. The van der Waals surface area contributed by atoms with Crippen molar-refractivity contribution in [3.8, 4) is 0 Å². The topological polar surface area (TPSA) is 36.1 Å². The van der Waals surface area contributed by atoms with E-state index in [0.29, 0.717) is 0 Å². The van der Waals surface area contributed by atoms with Crippen molar-refractivity contribution in [2.24, 2.45) is 5.92 Å². The van der Waals surface area contributed by atoms with Crippen molar-refractivity contribution >= 4 is 0 Å². The number of hydrogen-bond acceptors (Lipinski definition) is 3. The van der Waals surface area contributed by atoms with Crippen LogP contribution in [0, 0.1) is 5.92 Å². The molecule has 0 spiro atoms. The number of nitrogens with one attached hydrogen (secondary N) is 3. The summed E-state index contributed by atoms with van der Waals surface area (Å²) in [7, 11) is 0. The van der Waals surface area contributed by atoms with Gasteiger partial charge in [-0.3, -0.25) is 0 Å². The highest BCUT2D eigenvalue weighted by Gasteiger charge is 2.19. The molecular formula is C17H37N3. The number of unbranched alkanes of at least 4 members (excludes halogenated alkanes) is 3. The largest absolute Gasteiger partial charge is 0.317 e. The predicted molar refractivity (Wildman–Crippen MR) is 89.3 cm³/mol. The minimum Gasteiger partial charge on any atom is -0.317 e. The molecule has 1 rings (SSSR count). The molecule has 0 aromatic heterocycles. The fraction of sp³-hybridized carbons (Fsp3) is 1.00. The first-order valence-corrected chi connectivity index (χ1v) is 9.05. The molecule has 3 nitrogen and oxygen atoms in total. The molecule has 0 aromatic carbocycles. The quantitative estimate of drug-likeness (QED) is 0.381. The molecule has 0 radical (unpaired) electrons. The van der Waals surface area contributed by atoms with Gasteiger partial charge >= 0.3 is 0 Å². The highest BCUT2D eigenvalue weighted by molar-refractivity contribution is 4.72. The van der Waals surface area contributed by atoms with Crippen LogP contribution in [0.5, 0.6) is 0 Å². The Labute approximate surface area is 126 Å². The molecule has 0 amide bonds. The molecule has 0 unspecified atom stereocenters. The van der Waals surface area contributed by atoms with E-state index in [9.17, 15) is 0 Å². The van der Waals surface area contributed by atoms with Crippen molar-refractivity contribution in [3.63, 3.8) is 0 Å². The molecule has 1 aliphatic rings. The van der Waals surface area contributed by atoms with Gasteiger partial charge in [0.2, 0.25) is 0 Å². The summed E-state index contributed by atoms with van der Waals surface area (Å²) in [6.45, 7) is 9.07. The van der Waals surface area contributed by atoms with Gasteiger partial charge in [-0.1, -0.05) is 45.4 Å². The van der Waals surface area contributed by atoms with Crippen LogP contribution >= 0.6 is 0 Å². The van der Waals surface area contributed by atoms with Crippen LogP contribution in [0.3, 0.4) is 0 Å². The van der Waals surface area contributed by atoms with Crippen LogP contribution in [-0.4, -0.2) is 39.3 Å². The van der Waals surface area contributed by atoms with E-state index in [4.69, 9.17) is 0 Å². The highest BCUT2D eigenvalue weighted by atomic mass is 14.9. The van der Waals surface area contributed by atoms with Gasteiger partial charge < -0.3 is 16.0 Å². The molecular weight excluding hydrogens is 246 g/mol. The summed E-state index contributed by atoms with van der Waals surface area (Å²) >= 11 is 0. The lowest BCUT2D eigenvalue weighted by molar-refractivity contribution is 0.540. The summed E-state index contributed by atoms with van der Waals surface area (Å²) in [5.74, 6) is 1.12. The molecule has 0 saturated heterocycles. The third-order valence-corrected chi connectivity index (χ3v) is 4.08. The minimum absolute atomic E-state index is 1.09. The van der Waals surface area contributed by atoms with Crippen LogP contribution in [0.1, 0.15) is 64.7 Å². The summed E-state index contributed by atoms with van der Waals surface area (Å²) < 4.78 is 0. The standard InChI is InChI=1S/C17H37N3/c1-2-18-13-7-14-20-16-8-15-19-12-6-4-3-5-9-17-10-11-17/h17-20H,2-16H2,1H3. The van der Waals surface area contributed by atoms with Crippen LogP contribution < -0.4 is 16.0 Å². The van der Waals surface area contributed by atoms with Crippen molar-refractivity contribution in [3.05, 3.63) is 0 Å². The second kappa shape index (κ2) is 13.8. The van der Waals surface area contributed by atoms with Gasteiger partial charge in [0.25, 0.3) is 0 Å². The summed E-state index contributed by atoms with van der Waals surface area (Å²) in [5, 5.41) is 10.4. The van der Waals surface area contributed by atoms with Gasteiger partial charge in [-0.05, 0) is 64.4 Å². The van der Waals surface area contributed by atoms with Crippen LogP contribution in [0.2, 0.25) is 0 Å².